The molecule has 1 aromatic rings. The Morgan fingerprint density at radius 3 is 2.56 bits per heavy atom. The number of carbonyl (C=O) groups is 2. The molecule has 0 heterocycles. The Labute approximate surface area is 102 Å². The Bertz CT molecular complexity index is 356. The first-order chi connectivity index (χ1) is 7.72. The van der Waals surface area contributed by atoms with Crippen LogP contribution in [0.25, 0.3) is 0 Å². The van der Waals surface area contributed by atoms with Gasteiger partial charge >= 0.3 is 5.30 Å². The molecule has 0 spiro atoms. The van der Waals surface area contributed by atoms with Gasteiger partial charge in [-0.25, -0.2) is 4.79 Å². The zero-order chi connectivity index (χ0) is 11.8. The second-order valence-electron chi connectivity index (χ2n) is 2.63. The lowest BCUT2D eigenvalue weighted by Crippen LogP contribution is -2.04. The van der Waals surface area contributed by atoms with Gasteiger partial charge in [-0.05, 0) is 19.1 Å². The molecule has 0 aromatic heterocycles. The van der Waals surface area contributed by atoms with Crippen LogP contribution in [0.15, 0.2) is 30.3 Å². The molecule has 1 amide bonds. The first-order valence-electron chi connectivity index (χ1n) is 4.59. The second-order valence-corrected chi connectivity index (χ2v) is 4.67. The van der Waals surface area contributed by atoms with Crippen LogP contribution >= 0.6 is 21.6 Å². The van der Waals surface area contributed by atoms with Gasteiger partial charge in [-0.2, -0.15) is 0 Å². The van der Waals surface area contributed by atoms with E-state index in [0.717, 1.165) is 21.6 Å². The maximum Gasteiger partial charge on any atom is 0.378 e. The van der Waals surface area contributed by atoms with E-state index < -0.39 is 5.30 Å². The minimum Gasteiger partial charge on any atom is -0.457 e. The Balaban J connectivity index is 2.29. The lowest BCUT2D eigenvalue weighted by molar-refractivity contribution is 0.182. The van der Waals surface area contributed by atoms with E-state index in [9.17, 15) is 9.59 Å². The minimum atomic E-state index is -0.462. The van der Waals surface area contributed by atoms with E-state index in [1.807, 2.05) is 18.2 Å². The normalized spacial score (nSPS) is 9.56. The molecule has 0 bridgehead atoms. The van der Waals surface area contributed by atoms with E-state index >= 15 is 0 Å². The van der Waals surface area contributed by atoms with Gasteiger partial charge in [0.15, 0.2) is 0 Å². The summed E-state index contributed by atoms with van der Waals surface area (Å²) in [5.74, 6) is 0. The SMILES string of the molecule is CCOC(=O)SSC(=O)Nc1ccccc1. The van der Waals surface area contributed by atoms with Crippen LogP contribution in [-0.2, 0) is 4.74 Å². The summed E-state index contributed by atoms with van der Waals surface area (Å²) in [5.41, 5.74) is 0.699. The molecular formula is C10H11NO3S2. The topological polar surface area (TPSA) is 55.4 Å². The summed E-state index contributed by atoms with van der Waals surface area (Å²) in [6.45, 7) is 2.03. The van der Waals surface area contributed by atoms with Crippen LogP contribution in [0.5, 0.6) is 0 Å². The van der Waals surface area contributed by atoms with E-state index in [0.29, 0.717) is 12.3 Å². The number of hydrogen-bond acceptors (Lipinski definition) is 5. The van der Waals surface area contributed by atoms with Gasteiger partial charge in [0.05, 0.1) is 6.61 Å². The van der Waals surface area contributed by atoms with Crippen molar-refractivity contribution >= 4 is 37.8 Å². The molecule has 0 saturated heterocycles. The monoisotopic (exact) mass is 257 g/mol. The number of benzene rings is 1. The van der Waals surface area contributed by atoms with Crippen LogP contribution in [0.2, 0.25) is 0 Å². The highest BCUT2D eigenvalue weighted by molar-refractivity contribution is 8.87. The zero-order valence-corrected chi connectivity index (χ0v) is 10.3. The quantitative estimate of drug-likeness (QED) is 0.646. The fourth-order valence-corrected chi connectivity index (χ4v) is 2.04. The van der Waals surface area contributed by atoms with Gasteiger partial charge in [-0.1, -0.05) is 18.2 Å². The summed E-state index contributed by atoms with van der Waals surface area (Å²) in [6.07, 6.45) is 0. The van der Waals surface area contributed by atoms with Crippen LogP contribution in [0.1, 0.15) is 6.92 Å². The maximum atomic E-state index is 11.3. The van der Waals surface area contributed by atoms with E-state index in [-0.39, 0.29) is 5.24 Å². The number of ether oxygens (including phenoxy) is 1. The maximum absolute atomic E-state index is 11.3. The van der Waals surface area contributed by atoms with Gasteiger partial charge in [0.1, 0.15) is 0 Å². The average Bonchev–Trinajstić information content (AvgIpc) is 2.28. The van der Waals surface area contributed by atoms with Crippen molar-refractivity contribution in [3.05, 3.63) is 30.3 Å². The van der Waals surface area contributed by atoms with Gasteiger partial charge in [0, 0.05) is 27.3 Å². The molecule has 0 fully saturated rings. The fourth-order valence-electron chi connectivity index (χ4n) is 0.874. The van der Waals surface area contributed by atoms with E-state index in [1.54, 1.807) is 19.1 Å². The lowest BCUT2D eigenvalue weighted by atomic mass is 10.3. The largest absolute Gasteiger partial charge is 0.457 e. The highest BCUT2D eigenvalue weighted by Crippen LogP contribution is 2.25. The molecular weight excluding hydrogens is 246 g/mol. The summed E-state index contributed by atoms with van der Waals surface area (Å²) < 4.78 is 4.67. The van der Waals surface area contributed by atoms with Crippen molar-refractivity contribution in [2.24, 2.45) is 0 Å². The molecule has 4 nitrogen and oxygen atoms in total. The lowest BCUT2D eigenvalue weighted by Gasteiger charge is -2.03. The van der Waals surface area contributed by atoms with Crippen molar-refractivity contribution in [1.29, 1.82) is 0 Å². The molecule has 0 unspecified atom stereocenters. The van der Waals surface area contributed by atoms with Crippen molar-refractivity contribution in [3.8, 4) is 0 Å². The zero-order valence-electron chi connectivity index (χ0n) is 8.64. The van der Waals surface area contributed by atoms with Gasteiger partial charge in [-0.15, -0.1) is 0 Å². The molecule has 0 aliphatic carbocycles. The third kappa shape index (κ3) is 5.09. The molecule has 0 radical (unpaired) electrons. The molecule has 6 heteroatoms. The summed E-state index contributed by atoms with van der Waals surface area (Å²) in [5, 5.41) is 1.87. The molecule has 1 rings (SSSR count). The summed E-state index contributed by atoms with van der Waals surface area (Å²) >= 11 is 0. The van der Waals surface area contributed by atoms with Crippen molar-refractivity contribution in [3.63, 3.8) is 0 Å². The predicted octanol–water partition coefficient (Wildman–Crippen LogP) is 3.76. The molecule has 1 aromatic carbocycles. The van der Waals surface area contributed by atoms with E-state index in [1.165, 1.54) is 0 Å². The Kier molecular flexibility index (Phi) is 5.81. The predicted molar refractivity (Wildman–Crippen MR) is 67.7 cm³/mol. The number of carbonyl (C=O) groups excluding carboxylic acids is 2. The Morgan fingerprint density at radius 2 is 1.94 bits per heavy atom. The minimum absolute atomic E-state index is 0.302. The summed E-state index contributed by atoms with van der Waals surface area (Å²) in [7, 11) is 1.58. The molecule has 16 heavy (non-hydrogen) atoms. The molecule has 0 saturated carbocycles. The molecule has 0 aliphatic rings. The number of nitrogens with one attached hydrogen (secondary N) is 1. The Morgan fingerprint density at radius 1 is 1.25 bits per heavy atom. The van der Waals surface area contributed by atoms with Crippen LogP contribution in [0.3, 0.4) is 0 Å². The van der Waals surface area contributed by atoms with E-state index in [2.05, 4.69) is 10.1 Å². The van der Waals surface area contributed by atoms with E-state index in [4.69, 9.17) is 0 Å². The molecule has 0 aliphatic heterocycles. The standard InChI is InChI=1S/C10H11NO3S2/c1-2-14-10(13)16-15-9(12)11-8-6-4-3-5-7-8/h3-7H,2H2,1H3,(H,11,12). The first kappa shape index (κ1) is 12.9. The number of para-hydroxylation sites is 1. The second kappa shape index (κ2) is 7.19. The van der Waals surface area contributed by atoms with Crippen LogP contribution in [0.4, 0.5) is 15.3 Å². The van der Waals surface area contributed by atoms with Crippen molar-refractivity contribution in [2.75, 3.05) is 11.9 Å². The highest BCUT2D eigenvalue weighted by Gasteiger charge is 2.09. The summed E-state index contributed by atoms with van der Waals surface area (Å²) in [4.78, 5) is 22.3. The van der Waals surface area contributed by atoms with Crippen LogP contribution in [-0.4, -0.2) is 17.1 Å². The molecule has 1 N–H and O–H groups in total. The number of amides is 1. The van der Waals surface area contributed by atoms with Gasteiger partial charge < -0.3 is 10.1 Å². The number of hydrogen-bond donors (Lipinski definition) is 1. The number of anilines is 1. The molecule has 0 atom stereocenters. The van der Waals surface area contributed by atoms with Gasteiger partial charge in [0.25, 0.3) is 5.24 Å². The van der Waals surface area contributed by atoms with Crippen molar-refractivity contribution < 1.29 is 14.3 Å². The number of rotatable bonds is 2. The van der Waals surface area contributed by atoms with Crippen molar-refractivity contribution in [2.45, 2.75) is 6.92 Å². The first-order valence-corrected chi connectivity index (χ1v) is 6.74. The van der Waals surface area contributed by atoms with Crippen LogP contribution in [0, 0.1) is 0 Å². The molecule has 86 valence electrons. The fraction of sp³-hybridized carbons (Fsp3) is 0.200. The van der Waals surface area contributed by atoms with Crippen molar-refractivity contribution in [1.82, 2.24) is 0 Å². The van der Waals surface area contributed by atoms with Crippen LogP contribution < -0.4 is 5.32 Å². The highest BCUT2D eigenvalue weighted by atomic mass is 33.1. The summed E-state index contributed by atoms with van der Waals surface area (Å²) in [6, 6.07) is 9.04. The average molecular weight is 257 g/mol. The van der Waals surface area contributed by atoms with Gasteiger partial charge in [0.2, 0.25) is 0 Å². The smallest absolute Gasteiger partial charge is 0.378 e. The Hall–Kier alpha value is -1.14. The third-order valence-corrected chi connectivity index (χ3v) is 3.17. The third-order valence-electron chi connectivity index (χ3n) is 1.47. The van der Waals surface area contributed by atoms with Gasteiger partial charge in [-0.3, -0.25) is 4.79 Å².